The molecule has 16 heavy (non-hydrogen) atoms. The molecule has 0 aliphatic carbocycles. The standard InChI is InChI=1S/C12H10FNOS/c13-10-4-1-9(2-5-10)3-6-12-14-11(7-15)8-16-12/h1-2,4-5,7-8H,3,6H2. The van der Waals surface area contributed by atoms with Crippen molar-refractivity contribution in [3.8, 4) is 0 Å². The Labute approximate surface area is 96.8 Å². The third-order valence-electron chi connectivity index (χ3n) is 2.23. The molecule has 1 aromatic carbocycles. The van der Waals surface area contributed by atoms with Crippen molar-refractivity contribution in [2.24, 2.45) is 0 Å². The van der Waals surface area contributed by atoms with Gasteiger partial charge in [0.1, 0.15) is 11.5 Å². The summed E-state index contributed by atoms with van der Waals surface area (Å²) >= 11 is 1.48. The average Bonchev–Trinajstić information content (AvgIpc) is 2.76. The zero-order chi connectivity index (χ0) is 11.4. The predicted molar refractivity (Wildman–Crippen MR) is 61.3 cm³/mol. The van der Waals surface area contributed by atoms with Crippen LogP contribution in [0.5, 0.6) is 0 Å². The number of aldehydes is 1. The van der Waals surface area contributed by atoms with Gasteiger partial charge >= 0.3 is 0 Å². The van der Waals surface area contributed by atoms with E-state index >= 15 is 0 Å². The number of benzene rings is 1. The first-order chi connectivity index (χ1) is 7.78. The molecule has 1 heterocycles. The van der Waals surface area contributed by atoms with Crippen molar-refractivity contribution in [3.05, 3.63) is 51.7 Å². The van der Waals surface area contributed by atoms with E-state index in [4.69, 9.17) is 0 Å². The number of hydrogen-bond acceptors (Lipinski definition) is 3. The van der Waals surface area contributed by atoms with E-state index in [2.05, 4.69) is 4.98 Å². The van der Waals surface area contributed by atoms with Crippen LogP contribution in [0.3, 0.4) is 0 Å². The summed E-state index contributed by atoms with van der Waals surface area (Å²) in [4.78, 5) is 14.6. The van der Waals surface area contributed by atoms with Crippen LogP contribution < -0.4 is 0 Å². The van der Waals surface area contributed by atoms with E-state index in [1.54, 1.807) is 17.5 Å². The highest BCUT2D eigenvalue weighted by Crippen LogP contribution is 2.12. The minimum Gasteiger partial charge on any atom is -0.296 e. The quantitative estimate of drug-likeness (QED) is 0.763. The first-order valence-corrected chi connectivity index (χ1v) is 5.80. The summed E-state index contributed by atoms with van der Waals surface area (Å²) in [5.41, 5.74) is 1.56. The maximum absolute atomic E-state index is 12.6. The minimum atomic E-state index is -0.221. The summed E-state index contributed by atoms with van der Waals surface area (Å²) in [6, 6.07) is 6.44. The smallest absolute Gasteiger partial charge is 0.169 e. The second-order valence-electron chi connectivity index (χ2n) is 3.41. The first-order valence-electron chi connectivity index (χ1n) is 4.92. The van der Waals surface area contributed by atoms with Crippen molar-refractivity contribution < 1.29 is 9.18 Å². The molecule has 0 saturated carbocycles. The lowest BCUT2D eigenvalue weighted by Gasteiger charge is -1.98. The summed E-state index contributed by atoms with van der Waals surface area (Å²) in [5, 5.41) is 2.68. The molecular weight excluding hydrogens is 225 g/mol. The fourth-order valence-electron chi connectivity index (χ4n) is 1.40. The molecular formula is C12H10FNOS. The SMILES string of the molecule is O=Cc1csc(CCc2ccc(F)cc2)n1. The number of halogens is 1. The van der Waals surface area contributed by atoms with E-state index in [1.165, 1.54) is 23.5 Å². The molecule has 82 valence electrons. The number of aryl methyl sites for hydroxylation is 2. The van der Waals surface area contributed by atoms with Crippen LogP contribution in [-0.2, 0) is 12.8 Å². The Bertz CT molecular complexity index is 478. The van der Waals surface area contributed by atoms with Crippen molar-refractivity contribution in [2.75, 3.05) is 0 Å². The topological polar surface area (TPSA) is 30.0 Å². The largest absolute Gasteiger partial charge is 0.296 e. The van der Waals surface area contributed by atoms with Crippen molar-refractivity contribution in [1.82, 2.24) is 4.98 Å². The maximum atomic E-state index is 12.6. The van der Waals surface area contributed by atoms with Crippen molar-refractivity contribution >= 4 is 17.6 Å². The molecule has 0 unspecified atom stereocenters. The van der Waals surface area contributed by atoms with Crippen LogP contribution in [0.1, 0.15) is 21.1 Å². The van der Waals surface area contributed by atoms with Gasteiger partial charge < -0.3 is 0 Å². The van der Waals surface area contributed by atoms with E-state index < -0.39 is 0 Å². The van der Waals surface area contributed by atoms with Gasteiger partial charge in [0.05, 0.1) is 5.01 Å². The lowest BCUT2D eigenvalue weighted by atomic mass is 10.1. The lowest BCUT2D eigenvalue weighted by molar-refractivity contribution is 0.111. The molecule has 0 fully saturated rings. The monoisotopic (exact) mass is 235 g/mol. The highest BCUT2D eigenvalue weighted by molar-refractivity contribution is 7.09. The molecule has 0 aliphatic rings. The van der Waals surface area contributed by atoms with Crippen LogP contribution in [0.25, 0.3) is 0 Å². The van der Waals surface area contributed by atoms with Gasteiger partial charge in [0.25, 0.3) is 0 Å². The molecule has 2 rings (SSSR count). The van der Waals surface area contributed by atoms with Crippen molar-refractivity contribution in [2.45, 2.75) is 12.8 Å². The Kier molecular flexibility index (Phi) is 3.41. The number of aromatic nitrogens is 1. The number of carbonyl (C=O) groups is 1. The Morgan fingerprint density at radius 2 is 2.00 bits per heavy atom. The third-order valence-corrected chi connectivity index (χ3v) is 3.16. The van der Waals surface area contributed by atoms with Crippen LogP contribution in [0.2, 0.25) is 0 Å². The van der Waals surface area contributed by atoms with Gasteiger partial charge in [-0.3, -0.25) is 4.79 Å². The van der Waals surface area contributed by atoms with Crippen LogP contribution >= 0.6 is 11.3 Å². The minimum absolute atomic E-state index is 0.221. The van der Waals surface area contributed by atoms with Gasteiger partial charge in [0.15, 0.2) is 6.29 Å². The van der Waals surface area contributed by atoms with Crippen LogP contribution in [0.4, 0.5) is 4.39 Å². The van der Waals surface area contributed by atoms with E-state index in [0.717, 1.165) is 29.7 Å². The normalized spacial score (nSPS) is 10.3. The molecule has 0 N–H and O–H groups in total. The Morgan fingerprint density at radius 3 is 2.62 bits per heavy atom. The number of thiazole rings is 1. The summed E-state index contributed by atoms with van der Waals surface area (Å²) in [7, 11) is 0. The van der Waals surface area contributed by atoms with Gasteiger partial charge in [-0.25, -0.2) is 9.37 Å². The second kappa shape index (κ2) is 4.99. The zero-order valence-electron chi connectivity index (χ0n) is 8.52. The number of carbonyl (C=O) groups excluding carboxylic acids is 1. The van der Waals surface area contributed by atoms with Crippen LogP contribution in [0, 0.1) is 5.82 Å². The lowest BCUT2D eigenvalue weighted by Crippen LogP contribution is -1.91. The molecule has 4 heteroatoms. The summed E-state index contributed by atoms with van der Waals surface area (Å²) in [6.45, 7) is 0. The van der Waals surface area contributed by atoms with Gasteiger partial charge in [-0.15, -0.1) is 11.3 Å². The molecule has 0 atom stereocenters. The molecule has 0 saturated heterocycles. The summed E-state index contributed by atoms with van der Waals surface area (Å²) in [5.74, 6) is -0.221. The fraction of sp³-hybridized carbons (Fsp3) is 0.167. The van der Waals surface area contributed by atoms with Gasteiger partial charge in [0.2, 0.25) is 0 Å². The number of rotatable bonds is 4. The van der Waals surface area contributed by atoms with Crippen molar-refractivity contribution in [1.29, 1.82) is 0 Å². The molecule has 2 aromatic rings. The molecule has 0 radical (unpaired) electrons. The number of hydrogen-bond donors (Lipinski definition) is 0. The maximum Gasteiger partial charge on any atom is 0.169 e. The fourth-order valence-corrected chi connectivity index (χ4v) is 2.14. The van der Waals surface area contributed by atoms with Gasteiger partial charge in [-0.1, -0.05) is 12.1 Å². The molecule has 0 spiro atoms. The van der Waals surface area contributed by atoms with Crippen molar-refractivity contribution in [3.63, 3.8) is 0 Å². The third kappa shape index (κ3) is 2.73. The van der Waals surface area contributed by atoms with Gasteiger partial charge in [0, 0.05) is 11.8 Å². The van der Waals surface area contributed by atoms with Crippen LogP contribution in [-0.4, -0.2) is 11.3 Å². The molecule has 0 bridgehead atoms. The average molecular weight is 235 g/mol. The highest BCUT2D eigenvalue weighted by atomic mass is 32.1. The van der Waals surface area contributed by atoms with E-state index in [9.17, 15) is 9.18 Å². The van der Waals surface area contributed by atoms with Gasteiger partial charge in [-0.2, -0.15) is 0 Å². The Hall–Kier alpha value is -1.55. The molecule has 0 amide bonds. The summed E-state index contributed by atoms with van der Waals surface area (Å²) in [6.07, 6.45) is 2.34. The highest BCUT2D eigenvalue weighted by Gasteiger charge is 2.01. The predicted octanol–water partition coefficient (Wildman–Crippen LogP) is 2.88. The Balaban J connectivity index is 1.96. The second-order valence-corrected chi connectivity index (χ2v) is 4.35. The zero-order valence-corrected chi connectivity index (χ0v) is 9.34. The molecule has 2 nitrogen and oxygen atoms in total. The Morgan fingerprint density at radius 1 is 1.25 bits per heavy atom. The van der Waals surface area contributed by atoms with E-state index in [-0.39, 0.29) is 5.82 Å². The number of nitrogens with zero attached hydrogens (tertiary/aromatic N) is 1. The molecule has 1 aromatic heterocycles. The van der Waals surface area contributed by atoms with Gasteiger partial charge in [-0.05, 0) is 24.1 Å². The molecule has 0 aliphatic heterocycles. The van der Waals surface area contributed by atoms with E-state index in [0.29, 0.717) is 5.69 Å². The van der Waals surface area contributed by atoms with Crippen LogP contribution in [0.15, 0.2) is 29.6 Å². The van der Waals surface area contributed by atoms with E-state index in [1.807, 2.05) is 0 Å². The first kappa shape index (κ1) is 11.0. The summed E-state index contributed by atoms with van der Waals surface area (Å²) < 4.78 is 12.6.